The normalized spacial score (nSPS) is 12.5. The van der Waals surface area contributed by atoms with Gasteiger partial charge in [-0.15, -0.1) is 5.10 Å². The van der Waals surface area contributed by atoms with E-state index in [4.69, 9.17) is 28.2 Å². The van der Waals surface area contributed by atoms with Gasteiger partial charge in [-0.1, -0.05) is 76.9 Å². The molecule has 2 atom stereocenters. The van der Waals surface area contributed by atoms with Crippen LogP contribution in [0.25, 0.3) is 28.0 Å². The predicted molar refractivity (Wildman–Crippen MR) is 183 cm³/mol. The number of para-hydroxylation sites is 1. The highest BCUT2D eigenvalue weighted by Crippen LogP contribution is 2.36. The Hall–Kier alpha value is -5.78. The number of carbonyl (C=O) groups excluding carboxylic acids is 1. The van der Waals surface area contributed by atoms with Gasteiger partial charge in [0.25, 0.3) is 11.5 Å². The molecule has 0 aliphatic heterocycles. The van der Waals surface area contributed by atoms with Crippen LogP contribution in [0.3, 0.4) is 0 Å². The second-order valence-corrected chi connectivity index (χ2v) is 11.9. The standard InChI is InChI=1S/C35H26Cl2N8O3/c36-23-11-13-29(45-18-32(37)42-43-45)25(15-23)27-16-33(47)44(20-41-27)30(17-38-35(48)24-8-4-5-9-31(24)46)34(21-6-2-1-3-7-21)22-10-12-26-28(14-22)40-19-39-26/h1-16,18-20,30,34,46H,17H2,(H,38,48)(H,39,40)/t30-,34+/m1/s1. The number of phenolic OH excluding ortho intramolecular Hbond substituents is 1. The van der Waals surface area contributed by atoms with E-state index < -0.39 is 17.9 Å². The molecule has 238 valence electrons. The molecular formula is C35H26Cl2N8O3. The Labute approximate surface area is 283 Å². The number of amides is 1. The lowest BCUT2D eigenvalue weighted by molar-refractivity contribution is 0.0943. The summed E-state index contributed by atoms with van der Waals surface area (Å²) < 4.78 is 2.99. The summed E-state index contributed by atoms with van der Waals surface area (Å²) in [5.74, 6) is -1.06. The van der Waals surface area contributed by atoms with Crippen molar-refractivity contribution in [1.82, 2.24) is 39.8 Å². The molecule has 0 saturated heterocycles. The second kappa shape index (κ2) is 13.1. The molecule has 0 aliphatic rings. The number of rotatable bonds is 9. The average Bonchev–Trinajstić information content (AvgIpc) is 3.76. The van der Waals surface area contributed by atoms with E-state index in [-0.39, 0.29) is 28.6 Å². The van der Waals surface area contributed by atoms with Gasteiger partial charge in [0.2, 0.25) is 0 Å². The predicted octanol–water partition coefficient (Wildman–Crippen LogP) is 6.18. The number of H-pyrrole nitrogens is 1. The fourth-order valence-corrected chi connectivity index (χ4v) is 6.15. The number of hydrogen-bond donors (Lipinski definition) is 3. The van der Waals surface area contributed by atoms with Crippen molar-refractivity contribution >= 4 is 40.1 Å². The minimum atomic E-state index is -0.666. The third-order valence-corrected chi connectivity index (χ3v) is 8.52. The fraction of sp³-hybridized carbons (Fsp3) is 0.0857. The lowest BCUT2D eigenvalue weighted by Gasteiger charge is -2.30. The molecule has 7 aromatic rings. The second-order valence-electron chi connectivity index (χ2n) is 11.0. The van der Waals surface area contributed by atoms with Gasteiger partial charge in [-0.3, -0.25) is 14.2 Å². The number of phenols is 1. The number of aromatic hydroxyl groups is 1. The number of benzene rings is 4. The molecule has 0 fully saturated rings. The summed E-state index contributed by atoms with van der Waals surface area (Å²) in [6.45, 7) is 0.0200. The van der Waals surface area contributed by atoms with Gasteiger partial charge in [0.1, 0.15) is 5.75 Å². The average molecular weight is 678 g/mol. The SMILES string of the molecule is O=C(NC[C@H]([C@@H](c1ccccc1)c1ccc2[nH]cnc2c1)n1cnc(-c2cc(Cl)ccc2-n2cc(Cl)nn2)cc1=O)c1ccccc1O. The monoisotopic (exact) mass is 676 g/mol. The topological polar surface area (TPSA) is 144 Å². The van der Waals surface area contributed by atoms with Crippen LogP contribution in [0.5, 0.6) is 5.75 Å². The molecule has 0 unspecified atom stereocenters. The van der Waals surface area contributed by atoms with Gasteiger partial charge in [-0.05, 0) is 53.6 Å². The van der Waals surface area contributed by atoms with Gasteiger partial charge in [-0.2, -0.15) is 0 Å². The maximum Gasteiger partial charge on any atom is 0.255 e. The van der Waals surface area contributed by atoms with Gasteiger partial charge in [0, 0.05) is 29.1 Å². The Morgan fingerprint density at radius 1 is 0.917 bits per heavy atom. The molecule has 48 heavy (non-hydrogen) atoms. The van der Waals surface area contributed by atoms with Crippen molar-refractivity contribution in [3.05, 3.63) is 153 Å². The number of nitrogens with zero attached hydrogens (tertiary/aromatic N) is 6. The maximum atomic E-state index is 14.2. The van der Waals surface area contributed by atoms with Crippen LogP contribution in [0.15, 0.2) is 121 Å². The Kier molecular flexibility index (Phi) is 8.45. The van der Waals surface area contributed by atoms with E-state index in [1.807, 2.05) is 48.5 Å². The van der Waals surface area contributed by atoms with E-state index in [9.17, 15) is 14.7 Å². The van der Waals surface area contributed by atoms with Crippen LogP contribution in [0.4, 0.5) is 0 Å². The minimum Gasteiger partial charge on any atom is -0.507 e. The third-order valence-electron chi connectivity index (χ3n) is 8.11. The number of nitrogens with one attached hydrogen (secondary N) is 2. The maximum absolute atomic E-state index is 14.2. The van der Waals surface area contributed by atoms with Crippen LogP contribution in [0.2, 0.25) is 10.2 Å². The van der Waals surface area contributed by atoms with Gasteiger partial charge >= 0.3 is 0 Å². The first-order valence-corrected chi connectivity index (χ1v) is 15.6. The van der Waals surface area contributed by atoms with Crippen LogP contribution in [-0.4, -0.2) is 52.1 Å². The smallest absolute Gasteiger partial charge is 0.255 e. The van der Waals surface area contributed by atoms with E-state index in [1.54, 1.807) is 42.9 Å². The summed E-state index contributed by atoms with van der Waals surface area (Å²) >= 11 is 12.4. The molecule has 0 radical (unpaired) electrons. The van der Waals surface area contributed by atoms with Gasteiger partial charge < -0.3 is 15.4 Å². The molecule has 7 rings (SSSR count). The molecule has 3 heterocycles. The minimum absolute atomic E-state index is 0.0200. The summed E-state index contributed by atoms with van der Waals surface area (Å²) in [6, 6.07) is 27.8. The van der Waals surface area contributed by atoms with Crippen LogP contribution < -0.4 is 10.9 Å². The number of carbonyl (C=O) groups is 1. The first kappa shape index (κ1) is 30.9. The molecule has 3 N–H and O–H groups in total. The Bertz CT molecular complexity index is 2320. The van der Waals surface area contributed by atoms with Crippen LogP contribution in [0.1, 0.15) is 33.4 Å². The zero-order valence-corrected chi connectivity index (χ0v) is 26.5. The number of imidazole rings is 1. The van der Waals surface area contributed by atoms with Crippen LogP contribution in [0, 0.1) is 0 Å². The largest absolute Gasteiger partial charge is 0.507 e. The molecule has 1 amide bonds. The zero-order valence-electron chi connectivity index (χ0n) is 25.0. The van der Waals surface area contributed by atoms with Crippen LogP contribution >= 0.6 is 23.2 Å². The van der Waals surface area contributed by atoms with Gasteiger partial charge in [0.15, 0.2) is 5.15 Å². The molecule has 0 bridgehead atoms. The molecule has 0 aliphatic carbocycles. The number of halogens is 2. The van der Waals surface area contributed by atoms with Crippen LogP contribution in [-0.2, 0) is 0 Å². The van der Waals surface area contributed by atoms with E-state index >= 15 is 0 Å². The molecule has 13 heteroatoms. The summed E-state index contributed by atoms with van der Waals surface area (Å²) in [4.78, 5) is 39.8. The molecular weight excluding hydrogens is 651 g/mol. The first-order chi connectivity index (χ1) is 23.4. The van der Waals surface area contributed by atoms with E-state index in [0.717, 1.165) is 22.2 Å². The van der Waals surface area contributed by atoms with E-state index in [2.05, 4.69) is 25.6 Å². The summed E-state index contributed by atoms with van der Waals surface area (Å²) in [5.41, 5.74) is 4.62. The highest BCUT2D eigenvalue weighted by molar-refractivity contribution is 6.31. The number of fused-ring (bicyclic) bond motifs is 1. The summed E-state index contributed by atoms with van der Waals surface area (Å²) in [7, 11) is 0. The third kappa shape index (κ3) is 6.16. The van der Waals surface area contributed by atoms with Crippen molar-refractivity contribution in [2.75, 3.05) is 6.54 Å². The van der Waals surface area contributed by atoms with E-state index in [1.165, 1.54) is 33.8 Å². The highest BCUT2D eigenvalue weighted by atomic mass is 35.5. The molecule has 0 spiro atoms. The summed E-state index contributed by atoms with van der Waals surface area (Å²) in [5, 5.41) is 21.9. The Balaban J connectivity index is 1.35. The lowest BCUT2D eigenvalue weighted by Crippen LogP contribution is -2.38. The van der Waals surface area contributed by atoms with Crippen molar-refractivity contribution in [1.29, 1.82) is 0 Å². The zero-order chi connectivity index (χ0) is 33.2. The lowest BCUT2D eigenvalue weighted by atomic mass is 9.84. The van der Waals surface area contributed by atoms with E-state index in [0.29, 0.717) is 22.0 Å². The number of aromatic nitrogens is 7. The van der Waals surface area contributed by atoms with Gasteiger partial charge in [0.05, 0.1) is 52.9 Å². The van der Waals surface area contributed by atoms with Gasteiger partial charge in [-0.25, -0.2) is 14.6 Å². The molecule has 3 aromatic heterocycles. The summed E-state index contributed by atoms with van der Waals surface area (Å²) in [6.07, 6.45) is 4.64. The quantitative estimate of drug-likeness (QED) is 0.166. The van der Waals surface area contributed by atoms with Crippen molar-refractivity contribution < 1.29 is 9.90 Å². The van der Waals surface area contributed by atoms with Crippen molar-refractivity contribution in [3.8, 4) is 22.7 Å². The molecule has 11 nitrogen and oxygen atoms in total. The number of aromatic amines is 1. The Morgan fingerprint density at radius 2 is 1.73 bits per heavy atom. The molecule has 4 aromatic carbocycles. The molecule has 0 saturated carbocycles. The fourth-order valence-electron chi connectivity index (χ4n) is 5.86. The van der Waals surface area contributed by atoms with Crippen molar-refractivity contribution in [2.24, 2.45) is 0 Å². The van der Waals surface area contributed by atoms with Crippen molar-refractivity contribution in [3.63, 3.8) is 0 Å². The van der Waals surface area contributed by atoms with Crippen molar-refractivity contribution in [2.45, 2.75) is 12.0 Å². The number of hydrogen-bond acceptors (Lipinski definition) is 7. The Morgan fingerprint density at radius 3 is 2.50 bits per heavy atom. The first-order valence-electron chi connectivity index (χ1n) is 14.9. The highest BCUT2D eigenvalue weighted by Gasteiger charge is 2.29.